The summed E-state index contributed by atoms with van der Waals surface area (Å²) in [5, 5.41) is 9.16. The van der Waals surface area contributed by atoms with E-state index in [-0.39, 0.29) is 0 Å². The largest absolute Gasteiger partial charge is 0.480 e. The molecule has 0 heterocycles. The summed E-state index contributed by atoms with van der Waals surface area (Å²) in [6.07, 6.45) is 4.26. The molecule has 1 aliphatic rings. The van der Waals surface area contributed by atoms with Gasteiger partial charge in [-0.2, -0.15) is 0 Å². The smallest absolute Gasteiger partial charge is 0.318 e. The van der Waals surface area contributed by atoms with Crippen LogP contribution < -0.4 is 0 Å². The van der Waals surface area contributed by atoms with Gasteiger partial charge in [0, 0.05) is 0 Å². The number of allylic oxidation sites excluding steroid dienone is 1. The average molecular weight is 188 g/mol. The lowest BCUT2D eigenvalue weighted by molar-refractivity contribution is -0.142. The average Bonchev–Trinajstić information content (AvgIpc) is 2.05. The van der Waals surface area contributed by atoms with Crippen LogP contribution in [-0.4, -0.2) is 11.1 Å². The van der Waals surface area contributed by atoms with E-state index in [1.54, 1.807) is 6.08 Å². The maximum absolute atomic E-state index is 11.1. The molecule has 1 atom stereocenters. The molecule has 14 heavy (non-hydrogen) atoms. The van der Waals surface area contributed by atoms with Crippen molar-refractivity contribution in [3.8, 4) is 0 Å². The standard InChI is InChI=1S/C12H12O2/c1-9-3-5-10(6-4-9)12(11(13)14)7-2-8-12/h2-7H,8H2,1H3,(H,13,14)/t12-/m1/s1. The molecule has 0 unspecified atom stereocenters. The van der Waals surface area contributed by atoms with E-state index < -0.39 is 11.4 Å². The Morgan fingerprint density at radius 3 is 2.29 bits per heavy atom. The number of benzene rings is 1. The van der Waals surface area contributed by atoms with Gasteiger partial charge in [0.2, 0.25) is 0 Å². The Kier molecular flexibility index (Phi) is 1.92. The minimum absolute atomic E-state index is 0.603. The molecule has 1 aromatic carbocycles. The van der Waals surface area contributed by atoms with Gasteiger partial charge in [-0.3, -0.25) is 4.79 Å². The third-order valence-corrected chi connectivity index (χ3v) is 2.79. The van der Waals surface area contributed by atoms with E-state index in [0.717, 1.165) is 11.1 Å². The number of carbonyl (C=O) groups is 1. The lowest BCUT2D eigenvalue weighted by Crippen LogP contribution is -2.37. The Labute approximate surface area is 82.9 Å². The summed E-state index contributed by atoms with van der Waals surface area (Å²) in [4.78, 5) is 11.1. The normalized spacial score (nSPS) is 24.4. The fraction of sp³-hybridized carbons (Fsp3) is 0.250. The fourth-order valence-corrected chi connectivity index (χ4v) is 1.70. The predicted molar refractivity (Wildman–Crippen MR) is 54.2 cm³/mol. The second-order valence-corrected chi connectivity index (χ2v) is 3.75. The molecule has 0 radical (unpaired) electrons. The summed E-state index contributed by atoms with van der Waals surface area (Å²) in [5.74, 6) is -0.760. The van der Waals surface area contributed by atoms with Crippen molar-refractivity contribution in [3.63, 3.8) is 0 Å². The Morgan fingerprint density at radius 2 is 1.93 bits per heavy atom. The predicted octanol–water partition coefficient (Wildman–Crippen LogP) is 2.28. The monoisotopic (exact) mass is 188 g/mol. The Morgan fingerprint density at radius 1 is 1.36 bits per heavy atom. The Bertz CT molecular complexity index is 389. The van der Waals surface area contributed by atoms with Crippen LogP contribution in [0.3, 0.4) is 0 Å². The maximum Gasteiger partial charge on any atom is 0.318 e. The van der Waals surface area contributed by atoms with Crippen LogP contribution in [0.1, 0.15) is 17.5 Å². The Balaban J connectivity index is 2.43. The van der Waals surface area contributed by atoms with Crippen molar-refractivity contribution in [3.05, 3.63) is 47.5 Å². The van der Waals surface area contributed by atoms with E-state index >= 15 is 0 Å². The SMILES string of the molecule is Cc1ccc([C@@]2(C(=O)O)C=CC2)cc1. The van der Waals surface area contributed by atoms with Gasteiger partial charge < -0.3 is 5.11 Å². The van der Waals surface area contributed by atoms with Crippen LogP contribution in [0, 0.1) is 6.92 Å². The van der Waals surface area contributed by atoms with E-state index in [0.29, 0.717) is 6.42 Å². The third-order valence-electron chi connectivity index (χ3n) is 2.79. The number of carboxylic acid groups (broad SMARTS) is 1. The number of hydrogen-bond donors (Lipinski definition) is 1. The van der Waals surface area contributed by atoms with E-state index in [2.05, 4.69) is 0 Å². The van der Waals surface area contributed by atoms with Gasteiger partial charge >= 0.3 is 5.97 Å². The van der Waals surface area contributed by atoms with E-state index in [1.165, 1.54) is 0 Å². The highest BCUT2D eigenvalue weighted by atomic mass is 16.4. The molecule has 1 aromatic rings. The summed E-state index contributed by atoms with van der Waals surface area (Å²) < 4.78 is 0. The highest BCUT2D eigenvalue weighted by molar-refractivity contribution is 5.86. The summed E-state index contributed by atoms with van der Waals surface area (Å²) in [6.45, 7) is 1.99. The molecule has 0 spiro atoms. The topological polar surface area (TPSA) is 37.3 Å². The first-order chi connectivity index (χ1) is 6.65. The van der Waals surface area contributed by atoms with Crippen molar-refractivity contribution >= 4 is 5.97 Å². The van der Waals surface area contributed by atoms with E-state index in [1.807, 2.05) is 37.3 Å². The van der Waals surface area contributed by atoms with Gasteiger partial charge in [-0.25, -0.2) is 0 Å². The number of aliphatic carboxylic acids is 1. The summed E-state index contributed by atoms with van der Waals surface area (Å²) >= 11 is 0. The molecule has 0 fully saturated rings. The molecular formula is C12H12O2. The van der Waals surface area contributed by atoms with Gasteiger partial charge in [-0.15, -0.1) is 0 Å². The van der Waals surface area contributed by atoms with Gasteiger partial charge in [0.25, 0.3) is 0 Å². The van der Waals surface area contributed by atoms with Crippen LogP contribution in [0.2, 0.25) is 0 Å². The van der Waals surface area contributed by atoms with Gasteiger partial charge in [0.15, 0.2) is 0 Å². The quantitative estimate of drug-likeness (QED) is 0.723. The van der Waals surface area contributed by atoms with E-state index in [9.17, 15) is 4.79 Å². The first kappa shape index (κ1) is 9.00. The minimum atomic E-state index is -0.760. The zero-order valence-electron chi connectivity index (χ0n) is 8.03. The second kappa shape index (κ2) is 2.98. The Hall–Kier alpha value is -1.57. The molecule has 1 aliphatic carbocycles. The molecule has 0 aliphatic heterocycles. The number of hydrogen-bond acceptors (Lipinski definition) is 1. The maximum atomic E-state index is 11.1. The zero-order chi connectivity index (χ0) is 10.2. The lowest BCUT2D eigenvalue weighted by Gasteiger charge is -2.31. The highest BCUT2D eigenvalue weighted by Gasteiger charge is 2.41. The van der Waals surface area contributed by atoms with Gasteiger partial charge in [-0.1, -0.05) is 42.0 Å². The zero-order valence-corrected chi connectivity index (χ0v) is 8.03. The lowest BCUT2D eigenvalue weighted by atomic mass is 9.71. The summed E-state index contributed by atoms with van der Waals surface area (Å²) in [6, 6.07) is 7.69. The number of rotatable bonds is 2. The number of carboxylic acids is 1. The van der Waals surface area contributed by atoms with Gasteiger partial charge in [0.1, 0.15) is 5.41 Å². The van der Waals surface area contributed by atoms with Crippen LogP contribution in [-0.2, 0) is 10.2 Å². The van der Waals surface area contributed by atoms with Crippen molar-refractivity contribution < 1.29 is 9.90 Å². The minimum Gasteiger partial charge on any atom is -0.480 e. The van der Waals surface area contributed by atoms with Crippen molar-refractivity contribution in [2.24, 2.45) is 0 Å². The molecule has 0 saturated carbocycles. The van der Waals surface area contributed by atoms with Crippen LogP contribution in [0.25, 0.3) is 0 Å². The summed E-state index contributed by atoms with van der Waals surface area (Å²) in [5.41, 5.74) is 1.27. The van der Waals surface area contributed by atoms with Crippen molar-refractivity contribution in [2.75, 3.05) is 0 Å². The number of aryl methyl sites for hydroxylation is 1. The molecule has 2 heteroatoms. The molecule has 0 saturated heterocycles. The van der Waals surface area contributed by atoms with Gasteiger partial charge in [-0.05, 0) is 18.9 Å². The molecule has 0 aromatic heterocycles. The molecule has 72 valence electrons. The summed E-state index contributed by atoms with van der Waals surface area (Å²) in [7, 11) is 0. The van der Waals surface area contributed by atoms with Crippen LogP contribution >= 0.6 is 0 Å². The first-order valence-electron chi connectivity index (χ1n) is 4.63. The van der Waals surface area contributed by atoms with Crippen molar-refractivity contribution in [1.82, 2.24) is 0 Å². The molecule has 0 amide bonds. The van der Waals surface area contributed by atoms with Crippen LogP contribution in [0.5, 0.6) is 0 Å². The second-order valence-electron chi connectivity index (χ2n) is 3.75. The molecule has 1 N–H and O–H groups in total. The molecular weight excluding hydrogens is 176 g/mol. The van der Waals surface area contributed by atoms with Crippen LogP contribution in [0.15, 0.2) is 36.4 Å². The van der Waals surface area contributed by atoms with Crippen molar-refractivity contribution in [1.29, 1.82) is 0 Å². The molecule has 0 bridgehead atoms. The van der Waals surface area contributed by atoms with E-state index in [4.69, 9.17) is 5.11 Å². The first-order valence-corrected chi connectivity index (χ1v) is 4.63. The molecule has 2 rings (SSSR count). The fourth-order valence-electron chi connectivity index (χ4n) is 1.70. The van der Waals surface area contributed by atoms with Crippen LogP contribution in [0.4, 0.5) is 0 Å². The third kappa shape index (κ3) is 1.15. The molecule has 2 nitrogen and oxygen atoms in total. The van der Waals surface area contributed by atoms with Gasteiger partial charge in [0.05, 0.1) is 0 Å². The van der Waals surface area contributed by atoms with Crippen molar-refractivity contribution in [2.45, 2.75) is 18.8 Å². The highest BCUT2D eigenvalue weighted by Crippen LogP contribution is 2.37.